The minimum Gasteiger partial charge on any atom is -0.490 e. The number of aryl methyl sites for hydroxylation is 1. The smallest absolute Gasteiger partial charge is 0.338 e. The van der Waals surface area contributed by atoms with Gasteiger partial charge in [-0.25, -0.2) is 9.79 Å². The number of carbonyl (C=O) groups is 1. The Hall–Kier alpha value is -4.43. The Morgan fingerprint density at radius 3 is 2.51 bits per heavy atom. The molecule has 7 nitrogen and oxygen atoms in total. The van der Waals surface area contributed by atoms with Crippen LogP contribution in [0.15, 0.2) is 93.9 Å². The van der Waals surface area contributed by atoms with Crippen LogP contribution in [0.1, 0.15) is 48.6 Å². The third-order valence-corrected chi connectivity index (χ3v) is 7.79. The van der Waals surface area contributed by atoms with E-state index in [2.05, 4.69) is 19.1 Å². The number of hydrogen-bond acceptors (Lipinski definition) is 7. The summed E-state index contributed by atoms with van der Waals surface area (Å²) in [6.07, 6.45) is 2.35. The Morgan fingerprint density at radius 1 is 1.00 bits per heavy atom. The zero-order valence-corrected chi connectivity index (χ0v) is 24.4. The largest absolute Gasteiger partial charge is 0.490 e. The Balaban J connectivity index is 1.56. The number of thiazole rings is 1. The summed E-state index contributed by atoms with van der Waals surface area (Å²) in [5.41, 5.74) is 4.63. The lowest BCUT2D eigenvalue weighted by atomic mass is 9.95. The predicted octanol–water partition coefficient (Wildman–Crippen LogP) is 5.08. The van der Waals surface area contributed by atoms with Crippen molar-refractivity contribution in [1.82, 2.24) is 4.57 Å². The Morgan fingerprint density at radius 2 is 1.80 bits per heavy atom. The molecule has 0 amide bonds. The molecule has 4 aromatic rings. The zero-order chi connectivity index (χ0) is 28.9. The first-order valence-electron chi connectivity index (χ1n) is 13.6. The normalized spacial score (nSPS) is 14.8. The van der Waals surface area contributed by atoms with Gasteiger partial charge in [-0.2, -0.15) is 0 Å². The van der Waals surface area contributed by atoms with Crippen molar-refractivity contribution in [2.45, 2.75) is 39.8 Å². The summed E-state index contributed by atoms with van der Waals surface area (Å²) in [5, 5.41) is 0. The van der Waals surface area contributed by atoms with E-state index in [4.69, 9.17) is 19.2 Å². The SMILES string of the molecule is CCOc1cc(/C=c2\sc3n(c2=O)[C@@H](c2ccccc2)C(C(=O)OC)=C(CC)N=3)ccc1OCc1cccc(C)c1. The Labute approximate surface area is 242 Å². The third kappa shape index (κ3) is 5.88. The minimum absolute atomic E-state index is 0.225. The van der Waals surface area contributed by atoms with E-state index in [9.17, 15) is 9.59 Å². The van der Waals surface area contributed by atoms with Gasteiger partial charge >= 0.3 is 5.97 Å². The number of aromatic nitrogens is 1. The van der Waals surface area contributed by atoms with Gasteiger partial charge in [-0.15, -0.1) is 0 Å². The number of benzene rings is 3. The van der Waals surface area contributed by atoms with Gasteiger partial charge < -0.3 is 14.2 Å². The molecule has 0 aliphatic carbocycles. The molecule has 3 aromatic carbocycles. The van der Waals surface area contributed by atoms with Gasteiger partial charge in [0, 0.05) is 0 Å². The second-order valence-electron chi connectivity index (χ2n) is 9.62. The molecule has 0 radical (unpaired) electrons. The Bertz CT molecular complexity index is 1790. The highest BCUT2D eigenvalue weighted by atomic mass is 32.1. The van der Waals surface area contributed by atoms with E-state index in [-0.39, 0.29) is 5.56 Å². The second-order valence-corrected chi connectivity index (χ2v) is 10.6. The van der Waals surface area contributed by atoms with E-state index in [0.29, 0.717) is 51.7 Å². The van der Waals surface area contributed by atoms with Gasteiger partial charge in [0.05, 0.1) is 35.6 Å². The number of fused-ring (bicyclic) bond motifs is 1. The van der Waals surface area contributed by atoms with E-state index in [1.165, 1.54) is 24.0 Å². The molecule has 1 aromatic heterocycles. The summed E-state index contributed by atoms with van der Waals surface area (Å²) in [6.45, 7) is 6.80. The van der Waals surface area contributed by atoms with Crippen LogP contribution in [0.25, 0.3) is 6.08 Å². The molecule has 0 N–H and O–H groups in total. The van der Waals surface area contributed by atoms with Crippen molar-refractivity contribution in [3.63, 3.8) is 0 Å². The highest BCUT2D eigenvalue weighted by Gasteiger charge is 2.33. The lowest BCUT2D eigenvalue weighted by Crippen LogP contribution is -2.40. The van der Waals surface area contributed by atoms with Crippen LogP contribution in [0.5, 0.6) is 11.5 Å². The maximum atomic E-state index is 13.9. The fourth-order valence-electron chi connectivity index (χ4n) is 4.93. The maximum absolute atomic E-state index is 13.9. The molecule has 41 heavy (non-hydrogen) atoms. The van der Waals surface area contributed by atoms with Crippen LogP contribution >= 0.6 is 11.3 Å². The summed E-state index contributed by atoms with van der Waals surface area (Å²) in [6, 6.07) is 22.7. The third-order valence-electron chi connectivity index (χ3n) is 6.81. The number of ether oxygens (including phenoxy) is 3. The first kappa shape index (κ1) is 28.1. The molecule has 5 rings (SSSR count). The van der Waals surface area contributed by atoms with Crippen molar-refractivity contribution in [3.05, 3.63) is 126 Å². The molecule has 0 unspecified atom stereocenters. The van der Waals surface area contributed by atoms with Crippen molar-refractivity contribution in [3.8, 4) is 11.5 Å². The number of rotatable bonds is 9. The quantitative estimate of drug-likeness (QED) is 0.263. The van der Waals surface area contributed by atoms with Crippen molar-refractivity contribution in [2.24, 2.45) is 4.99 Å². The predicted molar refractivity (Wildman–Crippen MR) is 160 cm³/mol. The molecule has 0 spiro atoms. The minimum atomic E-state index is -0.631. The van der Waals surface area contributed by atoms with Gasteiger partial charge in [0.15, 0.2) is 16.3 Å². The number of esters is 1. The van der Waals surface area contributed by atoms with Crippen molar-refractivity contribution in [2.75, 3.05) is 13.7 Å². The summed E-state index contributed by atoms with van der Waals surface area (Å²) in [4.78, 5) is 32.1. The number of methoxy groups -OCH3 is 1. The highest BCUT2D eigenvalue weighted by Crippen LogP contribution is 2.32. The van der Waals surface area contributed by atoms with Crippen molar-refractivity contribution >= 4 is 23.4 Å². The molecule has 210 valence electrons. The fourth-order valence-corrected chi connectivity index (χ4v) is 5.95. The van der Waals surface area contributed by atoms with Crippen LogP contribution in [-0.2, 0) is 16.1 Å². The van der Waals surface area contributed by atoms with E-state index in [1.54, 1.807) is 4.57 Å². The fraction of sp³-hybridized carbons (Fsp3) is 0.242. The standard InChI is InChI=1S/C33H32N2O5S/c1-5-25-29(32(37)38-4)30(24-13-8-7-9-14-24)35-31(36)28(41-33(35)34-25)19-22-15-16-26(27(18-22)39-6-2)40-20-23-12-10-11-21(3)17-23/h7-19,30H,5-6,20H2,1-4H3/b28-19-/t30-/m0/s1. The lowest BCUT2D eigenvalue weighted by molar-refractivity contribution is -0.136. The lowest BCUT2D eigenvalue weighted by Gasteiger charge is -2.25. The number of carbonyl (C=O) groups excluding carboxylic acids is 1. The molecular weight excluding hydrogens is 536 g/mol. The van der Waals surface area contributed by atoms with Crippen LogP contribution in [0.2, 0.25) is 0 Å². The van der Waals surface area contributed by atoms with Crippen molar-refractivity contribution < 1.29 is 19.0 Å². The van der Waals surface area contributed by atoms with Crippen LogP contribution < -0.4 is 24.4 Å². The molecule has 1 aliphatic rings. The molecule has 0 bridgehead atoms. The average Bonchev–Trinajstić information content (AvgIpc) is 3.30. The van der Waals surface area contributed by atoms with E-state index >= 15 is 0 Å². The second kappa shape index (κ2) is 12.4. The number of nitrogens with zero attached hydrogens (tertiary/aromatic N) is 2. The van der Waals surface area contributed by atoms with Gasteiger partial charge in [0.2, 0.25) is 0 Å². The molecule has 2 heterocycles. The van der Waals surface area contributed by atoms with Crippen LogP contribution in [0.3, 0.4) is 0 Å². The molecule has 0 saturated carbocycles. The van der Waals surface area contributed by atoms with E-state index in [1.807, 2.05) is 80.6 Å². The van der Waals surface area contributed by atoms with Gasteiger partial charge in [-0.3, -0.25) is 9.36 Å². The molecule has 0 fully saturated rings. The monoisotopic (exact) mass is 568 g/mol. The summed E-state index contributed by atoms with van der Waals surface area (Å²) in [7, 11) is 1.35. The first-order chi connectivity index (χ1) is 19.9. The van der Waals surface area contributed by atoms with Crippen LogP contribution in [0.4, 0.5) is 0 Å². The molecule has 8 heteroatoms. The molecular formula is C33H32N2O5S. The Kier molecular flexibility index (Phi) is 8.50. The van der Waals surface area contributed by atoms with Gasteiger partial charge in [-0.1, -0.05) is 84.5 Å². The molecule has 1 aliphatic heterocycles. The van der Waals surface area contributed by atoms with Gasteiger partial charge in [0.25, 0.3) is 5.56 Å². The van der Waals surface area contributed by atoms with E-state index in [0.717, 1.165) is 16.7 Å². The van der Waals surface area contributed by atoms with E-state index < -0.39 is 12.0 Å². The molecule has 0 saturated heterocycles. The zero-order valence-electron chi connectivity index (χ0n) is 23.5. The van der Waals surface area contributed by atoms with Crippen LogP contribution in [-0.4, -0.2) is 24.3 Å². The number of allylic oxidation sites excluding steroid dienone is 1. The highest BCUT2D eigenvalue weighted by molar-refractivity contribution is 7.07. The van der Waals surface area contributed by atoms with Gasteiger partial charge in [0.1, 0.15) is 6.61 Å². The summed E-state index contributed by atoms with van der Waals surface area (Å²) >= 11 is 1.30. The first-order valence-corrected chi connectivity index (χ1v) is 14.4. The van der Waals surface area contributed by atoms with Crippen LogP contribution in [0, 0.1) is 6.92 Å². The topological polar surface area (TPSA) is 79.1 Å². The van der Waals surface area contributed by atoms with Gasteiger partial charge in [-0.05, 0) is 55.2 Å². The molecule has 1 atom stereocenters. The summed E-state index contributed by atoms with van der Waals surface area (Å²) in [5.74, 6) is 0.743. The summed E-state index contributed by atoms with van der Waals surface area (Å²) < 4.78 is 19.2. The average molecular weight is 569 g/mol. The van der Waals surface area contributed by atoms with Crippen molar-refractivity contribution in [1.29, 1.82) is 0 Å². The number of hydrogen-bond donors (Lipinski definition) is 0. The maximum Gasteiger partial charge on any atom is 0.338 e.